The molecule has 1 aliphatic rings. The third-order valence-corrected chi connectivity index (χ3v) is 4.11. The van der Waals surface area contributed by atoms with Crippen molar-refractivity contribution >= 4 is 5.91 Å². The summed E-state index contributed by atoms with van der Waals surface area (Å²) in [5, 5.41) is 3.02. The van der Waals surface area contributed by atoms with Crippen molar-refractivity contribution < 1.29 is 9.53 Å². The number of benzene rings is 1. The summed E-state index contributed by atoms with van der Waals surface area (Å²) >= 11 is 0. The zero-order chi connectivity index (χ0) is 15.6. The van der Waals surface area contributed by atoms with E-state index in [0.717, 1.165) is 29.7 Å². The van der Waals surface area contributed by atoms with Gasteiger partial charge in [0.1, 0.15) is 5.75 Å². The van der Waals surface area contributed by atoms with E-state index in [1.807, 2.05) is 0 Å². The molecule has 1 aromatic carbocycles. The smallest absolute Gasteiger partial charge is 0.217 e. The van der Waals surface area contributed by atoms with Gasteiger partial charge in [0.2, 0.25) is 5.91 Å². The van der Waals surface area contributed by atoms with Gasteiger partial charge in [0.05, 0.1) is 12.6 Å². The number of ether oxygens (including phenoxy) is 1. The van der Waals surface area contributed by atoms with Gasteiger partial charge in [-0.3, -0.25) is 4.79 Å². The van der Waals surface area contributed by atoms with Crippen molar-refractivity contribution in [2.45, 2.75) is 52.6 Å². The summed E-state index contributed by atoms with van der Waals surface area (Å²) in [5.74, 6) is 1.29. The molecule has 1 aromatic rings. The lowest BCUT2D eigenvalue weighted by molar-refractivity contribution is -0.119. The van der Waals surface area contributed by atoms with Gasteiger partial charge in [0, 0.05) is 24.9 Å². The van der Waals surface area contributed by atoms with Crippen LogP contribution in [0.2, 0.25) is 0 Å². The van der Waals surface area contributed by atoms with Crippen molar-refractivity contribution in [3.8, 4) is 5.75 Å². The summed E-state index contributed by atoms with van der Waals surface area (Å²) in [7, 11) is 0. The molecule has 21 heavy (non-hydrogen) atoms. The van der Waals surface area contributed by atoms with Crippen LogP contribution in [-0.4, -0.2) is 12.5 Å². The lowest BCUT2D eigenvalue weighted by atomic mass is 9.89. The second-order valence-electron chi connectivity index (χ2n) is 6.11. The van der Waals surface area contributed by atoms with Gasteiger partial charge < -0.3 is 15.8 Å². The summed E-state index contributed by atoms with van der Waals surface area (Å²) in [4.78, 5) is 11.4. The number of amides is 1. The first-order chi connectivity index (χ1) is 9.93. The van der Waals surface area contributed by atoms with E-state index in [1.54, 1.807) is 6.92 Å². The van der Waals surface area contributed by atoms with Crippen LogP contribution >= 0.6 is 0 Å². The Bertz CT molecular complexity index is 526. The van der Waals surface area contributed by atoms with Crippen LogP contribution in [0.15, 0.2) is 12.1 Å². The minimum Gasteiger partial charge on any atom is -0.493 e. The van der Waals surface area contributed by atoms with Crippen molar-refractivity contribution in [2.24, 2.45) is 11.7 Å². The van der Waals surface area contributed by atoms with Gasteiger partial charge in [-0.05, 0) is 29.5 Å². The molecule has 4 heteroatoms. The first-order valence-corrected chi connectivity index (χ1v) is 7.76. The average molecular weight is 290 g/mol. The van der Waals surface area contributed by atoms with Gasteiger partial charge in [-0.1, -0.05) is 26.8 Å². The fourth-order valence-electron chi connectivity index (χ4n) is 2.84. The molecule has 1 heterocycles. The number of carbonyl (C=O) groups excluding carboxylic acids is 1. The van der Waals surface area contributed by atoms with E-state index in [-0.39, 0.29) is 18.0 Å². The second-order valence-corrected chi connectivity index (χ2v) is 6.11. The summed E-state index contributed by atoms with van der Waals surface area (Å²) < 4.78 is 5.86. The van der Waals surface area contributed by atoms with E-state index < -0.39 is 0 Å². The van der Waals surface area contributed by atoms with Crippen LogP contribution in [-0.2, 0) is 11.2 Å². The monoisotopic (exact) mass is 290 g/mol. The number of hydrogen-bond donors (Lipinski definition) is 2. The number of rotatable bonds is 4. The van der Waals surface area contributed by atoms with Crippen molar-refractivity contribution in [2.75, 3.05) is 6.61 Å². The topological polar surface area (TPSA) is 64.3 Å². The minimum atomic E-state index is -0.00976. The normalized spacial score (nSPS) is 18.9. The number of aryl methyl sites for hydroxylation is 1. The van der Waals surface area contributed by atoms with E-state index in [4.69, 9.17) is 10.5 Å². The fourth-order valence-corrected chi connectivity index (χ4v) is 2.84. The van der Waals surface area contributed by atoms with Crippen LogP contribution in [0.25, 0.3) is 0 Å². The zero-order valence-corrected chi connectivity index (χ0v) is 13.4. The maximum absolute atomic E-state index is 11.4. The number of nitrogens with two attached hydrogens (primary N) is 1. The molecule has 2 atom stereocenters. The molecule has 0 spiro atoms. The molecule has 0 aliphatic carbocycles. The van der Waals surface area contributed by atoms with Gasteiger partial charge in [-0.25, -0.2) is 0 Å². The Hall–Kier alpha value is -1.55. The molecule has 0 radical (unpaired) electrons. The molecular weight excluding hydrogens is 264 g/mol. The van der Waals surface area contributed by atoms with Crippen LogP contribution < -0.4 is 15.8 Å². The molecule has 2 unspecified atom stereocenters. The minimum absolute atomic E-state index is 0.000467. The molecule has 0 bridgehead atoms. The van der Waals surface area contributed by atoms with Crippen LogP contribution in [0.1, 0.15) is 62.9 Å². The van der Waals surface area contributed by atoms with Crippen LogP contribution in [0.5, 0.6) is 5.75 Å². The van der Waals surface area contributed by atoms with Crippen LogP contribution in [0, 0.1) is 5.92 Å². The summed E-state index contributed by atoms with van der Waals surface area (Å²) in [5.41, 5.74) is 9.69. The van der Waals surface area contributed by atoms with E-state index in [2.05, 4.69) is 38.2 Å². The van der Waals surface area contributed by atoms with E-state index in [9.17, 15) is 4.79 Å². The average Bonchev–Trinajstić information content (AvgIpc) is 2.45. The molecule has 116 valence electrons. The number of carbonyl (C=O) groups is 1. The van der Waals surface area contributed by atoms with Gasteiger partial charge in [0.15, 0.2) is 0 Å². The molecule has 0 aromatic heterocycles. The van der Waals surface area contributed by atoms with Crippen molar-refractivity contribution in [1.82, 2.24) is 5.32 Å². The second kappa shape index (κ2) is 6.48. The number of hydrogen-bond acceptors (Lipinski definition) is 3. The Morgan fingerprint density at radius 2 is 2.19 bits per heavy atom. The lowest BCUT2D eigenvalue weighted by Crippen LogP contribution is -2.31. The van der Waals surface area contributed by atoms with Crippen LogP contribution in [0.3, 0.4) is 0 Å². The Morgan fingerprint density at radius 3 is 2.76 bits per heavy atom. The predicted molar refractivity (Wildman–Crippen MR) is 84.3 cm³/mol. The third-order valence-electron chi connectivity index (χ3n) is 4.11. The molecule has 0 saturated heterocycles. The largest absolute Gasteiger partial charge is 0.493 e. The standard InChI is InChI=1S/C17H26N2O2/c1-5-12-8-13(16(18)10(2)3)9-14-15(19-11(4)20)6-7-21-17(12)14/h8-10,15-16H,5-7,18H2,1-4H3,(H,19,20). The predicted octanol–water partition coefficient (Wildman–Crippen LogP) is 2.86. The van der Waals surface area contributed by atoms with Gasteiger partial charge in [-0.15, -0.1) is 0 Å². The van der Waals surface area contributed by atoms with Gasteiger partial charge >= 0.3 is 0 Å². The summed E-state index contributed by atoms with van der Waals surface area (Å²) in [6, 6.07) is 4.29. The molecule has 0 saturated carbocycles. The maximum Gasteiger partial charge on any atom is 0.217 e. The highest BCUT2D eigenvalue weighted by atomic mass is 16.5. The Balaban J connectivity index is 2.47. The Labute approximate surface area is 127 Å². The van der Waals surface area contributed by atoms with E-state index >= 15 is 0 Å². The Kier molecular flexibility index (Phi) is 4.88. The van der Waals surface area contributed by atoms with Gasteiger partial charge in [-0.2, -0.15) is 0 Å². The lowest BCUT2D eigenvalue weighted by Gasteiger charge is -2.30. The molecule has 0 fully saturated rings. The Morgan fingerprint density at radius 1 is 1.48 bits per heavy atom. The zero-order valence-electron chi connectivity index (χ0n) is 13.4. The fraction of sp³-hybridized carbons (Fsp3) is 0.588. The molecule has 1 aliphatic heterocycles. The summed E-state index contributed by atoms with van der Waals surface area (Å²) in [6.45, 7) is 8.56. The van der Waals surface area contributed by atoms with Crippen molar-refractivity contribution in [3.63, 3.8) is 0 Å². The highest BCUT2D eigenvalue weighted by molar-refractivity contribution is 5.73. The molecule has 4 nitrogen and oxygen atoms in total. The number of fused-ring (bicyclic) bond motifs is 1. The summed E-state index contributed by atoms with van der Waals surface area (Å²) in [6.07, 6.45) is 1.70. The van der Waals surface area contributed by atoms with Gasteiger partial charge in [0.25, 0.3) is 0 Å². The van der Waals surface area contributed by atoms with Crippen molar-refractivity contribution in [3.05, 3.63) is 28.8 Å². The molecule has 1 amide bonds. The SMILES string of the molecule is CCc1cc(C(N)C(C)C)cc2c1OCCC2NC(C)=O. The first-order valence-electron chi connectivity index (χ1n) is 7.76. The highest BCUT2D eigenvalue weighted by Gasteiger charge is 2.26. The highest BCUT2D eigenvalue weighted by Crippen LogP contribution is 2.38. The van der Waals surface area contributed by atoms with Crippen molar-refractivity contribution in [1.29, 1.82) is 0 Å². The van der Waals surface area contributed by atoms with Crippen LogP contribution in [0.4, 0.5) is 0 Å². The molecular formula is C17H26N2O2. The third kappa shape index (κ3) is 3.38. The quantitative estimate of drug-likeness (QED) is 0.896. The maximum atomic E-state index is 11.4. The molecule has 2 rings (SSSR count). The molecule has 3 N–H and O–H groups in total. The van der Waals surface area contributed by atoms with E-state index in [1.165, 1.54) is 5.56 Å². The van der Waals surface area contributed by atoms with E-state index in [0.29, 0.717) is 12.5 Å². The number of nitrogens with one attached hydrogen (secondary N) is 1. The first kappa shape index (κ1) is 15.8.